The van der Waals surface area contributed by atoms with Crippen LogP contribution >= 0.6 is 24.0 Å². The van der Waals surface area contributed by atoms with Gasteiger partial charge in [0, 0.05) is 25.7 Å². The molecule has 3 rings (SSSR count). The van der Waals surface area contributed by atoms with Gasteiger partial charge in [-0.15, -0.1) is 34.2 Å². The van der Waals surface area contributed by atoms with Gasteiger partial charge in [0.2, 0.25) is 0 Å². The molecule has 0 aliphatic heterocycles. The molecule has 0 spiro atoms. The van der Waals surface area contributed by atoms with Crippen LogP contribution in [0.2, 0.25) is 0 Å². The van der Waals surface area contributed by atoms with E-state index in [-0.39, 0.29) is 24.0 Å². The molecule has 0 amide bonds. The average Bonchev–Trinajstić information content (AvgIpc) is 3.11. The van der Waals surface area contributed by atoms with Crippen molar-refractivity contribution in [1.82, 2.24) is 19.9 Å². The summed E-state index contributed by atoms with van der Waals surface area (Å²) in [4.78, 5) is 4.36. The Hall–Kier alpha value is -2.56. The van der Waals surface area contributed by atoms with Gasteiger partial charge in [0.25, 0.3) is 0 Å². The summed E-state index contributed by atoms with van der Waals surface area (Å²) in [5, 5.41) is 11.4. The molecule has 8 nitrogen and oxygen atoms in total. The first kappa shape index (κ1) is 21.7. The number of nitrogens with zero attached hydrogens (tertiary/aromatic N) is 4. The number of guanidine groups is 1. The predicted molar refractivity (Wildman–Crippen MR) is 120 cm³/mol. The van der Waals surface area contributed by atoms with E-state index in [1.165, 1.54) is 0 Å². The van der Waals surface area contributed by atoms with Crippen molar-refractivity contribution in [2.45, 2.75) is 12.8 Å². The second kappa shape index (κ2) is 10.7. The molecule has 0 bridgehead atoms. The zero-order valence-corrected chi connectivity index (χ0v) is 18.3. The number of aromatic nitrogens is 3. The van der Waals surface area contributed by atoms with Crippen LogP contribution < -0.4 is 20.5 Å². The Morgan fingerprint density at radius 2 is 1.93 bits per heavy atom. The number of ether oxygens (including phenoxy) is 2. The molecule has 0 unspecified atom stereocenters. The lowest BCUT2D eigenvalue weighted by atomic mass is 10.1. The number of hydrogen-bond acceptors (Lipinski definition) is 5. The van der Waals surface area contributed by atoms with Crippen LogP contribution in [0.5, 0.6) is 11.5 Å². The minimum Gasteiger partial charge on any atom is -0.493 e. The van der Waals surface area contributed by atoms with Gasteiger partial charge in [0.05, 0.1) is 14.2 Å². The topological polar surface area (TPSA) is 99.1 Å². The van der Waals surface area contributed by atoms with E-state index in [1.54, 1.807) is 14.2 Å². The van der Waals surface area contributed by atoms with Crippen molar-refractivity contribution in [3.05, 3.63) is 54.0 Å². The van der Waals surface area contributed by atoms with Crippen LogP contribution in [-0.4, -0.2) is 47.9 Å². The maximum absolute atomic E-state index is 5.94. The Bertz CT molecular complexity index is 928. The summed E-state index contributed by atoms with van der Waals surface area (Å²) in [6, 6.07) is 11.7. The smallest absolute Gasteiger partial charge is 0.188 e. The van der Waals surface area contributed by atoms with Crippen LogP contribution in [0, 0.1) is 0 Å². The normalized spacial score (nSPS) is 11.1. The van der Waals surface area contributed by atoms with Crippen molar-refractivity contribution in [3.63, 3.8) is 0 Å². The van der Waals surface area contributed by atoms with E-state index in [4.69, 9.17) is 15.2 Å². The zero-order chi connectivity index (χ0) is 19.1. The van der Waals surface area contributed by atoms with Gasteiger partial charge < -0.3 is 20.5 Å². The number of hydrogen-bond donors (Lipinski definition) is 2. The van der Waals surface area contributed by atoms with Gasteiger partial charge in [-0.1, -0.05) is 12.1 Å². The number of methoxy groups -OCH3 is 2. The van der Waals surface area contributed by atoms with Crippen LogP contribution in [0.25, 0.3) is 5.65 Å². The van der Waals surface area contributed by atoms with E-state index in [2.05, 4.69) is 20.5 Å². The molecule has 9 heteroatoms. The Kier molecular flexibility index (Phi) is 8.30. The fraction of sp³-hybridized carbons (Fsp3) is 0.316. The highest BCUT2D eigenvalue weighted by molar-refractivity contribution is 14.0. The quantitative estimate of drug-likeness (QED) is 0.282. The number of halogens is 1. The van der Waals surface area contributed by atoms with Crippen molar-refractivity contribution >= 4 is 35.6 Å². The maximum Gasteiger partial charge on any atom is 0.188 e. The summed E-state index contributed by atoms with van der Waals surface area (Å²) in [7, 11) is 3.25. The lowest BCUT2D eigenvalue weighted by Crippen LogP contribution is -2.33. The monoisotopic (exact) mass is 496 g/mol. The molecular weight excluding hydrogens is 471 g/mol. The molecule has 0 fully saturated rings. The lowest BCUT2D eigenvalue weighted by Gasteiger charge is -2.10. The Labute approximate surface area is 181 Å². The SMILES string of the molecule is COc1ccc(CCNC(N)=NCCc2nnc3ccccn23)cc1OC.I. The van der Waals surface area contributed by atoms with Crippen LogP contribution in [0.3, 0.4) is 0 Å². The summed E-state index contributed by atoms with van der Waals surface area (Å²) in [6.07, 6.45) is 3.41. The van der Waals surface area contributed by atoms with E-state index in [9.17, 15) is 0 Å². The van der Waals surface area contributed by atoms with E-state index >= 15 is 0 Å². The summed E-state index contributed by atoms with van der Waals surface area (Å²) in [5.74, 6) is 2.73. The number of rotatable bonds is 8. The van der Waals surface area contributed by atoms with Crippen molar-refractivity contribution < 1.29 is 9.47 Å². The Balaban J connectivity index is 0.00000280. The summed E-state index contributed by atoms with van der Waals surface area (Å²) in [5.41, 5.74) is 7.90. The van der Waals surface area contributed by atoms with Crippen LogP contribution in [-0.2, 0) is 12.8 Å². The molecule has 150 valence electrons. The number of pyridine rings is 1. The van der Waals surface area contributed by atoms with Gasteiger partial charge in [-0.3, -0.25) is 9.39 Å². The highest BCUT2D eigenvalue weighted by atomic mass is 127. The number of benzene rings is 1. The van der Waals surface area contributed by atoms with Crippen molar-refractivity contribution in [1.29, 1.82) is 0 Å². The highest BCUT2D eigenvalue weighted by Crippen LogP contribution is 2.27. The molecule has 0 saturated heterocycles. The summed E-state index contributed by atoms with van der Waals surface area (Å²) in [6.45, 7) is 1.23. The molecule has 28 heavy (non-hydrogen) atoms. The molecule has 0 atom stereocenters. The first-order chi connectivity index (χ1) is 13.2. The maximum atomic E-state index is 5.94. The van der Waals surface area contributed by atoms with E-state index < -0.39 is 0 Å². The number of fused-ring (bicyclic) bond motifs is 1. The molecule has 0 saturated carbocycles. The fourth-order valence-corrected chi connectivity index (χ4v) is 2.76. The van der Waals surface area contributed by atoms with Crippen molar-refractivity contribution in [3.8, 4) is 11.5 Å². The Morgan fingerprint density at radius 1 is 1.11 bits per heavy atom. The van der Waals surface area contributed by atoms with Gasteiger partial charge in [-0.05, 0) is 36.2 Å². The third kappa shape index (κ3) is 5.47. The van der Waals surface area contributed by atoms with Crippen molar-refractivity contribution in [2.24, 2.45) is 10.7 Å². The molecular formula is C19H25IN6O2. The second-order valence-electron chi connectivity index (χ2n) is 5.93. The molecule has 0 radical (unpaired) electrons. The highest BCUT2D eigenvalue weighted by Gasteiger charge is 2.05. The van der Waals surface area contributed by atoms with Gasteiger partial charge in [-0.2, -0.15) is 0 Å². The molecule has 1 aromatic carbocycles. The van der Waals surface area contributed by atoms with Gasteiger partial charge in [-0.25, -0.2) is 0 Å². The van der Waals surface area contributed by atoms with E-state index in [0.717, 1.165) is 35.0 Å². The third-order valence-electron chi connectivity index (χ3n) is 4.17. The third-order valence-corrected chi connectivity index (χ3v) is 4.17. The van der Waals surface area contributed by atoms with Crippen LogP contribution in [0.15, 0.2) is 47.6 Å². The largest absolute Gasteiger partial charge is 0.493 e. The molecule has 3 N–H and O–H groups in total. The first-order valence-corrected chi connectivity index (χ1v) is 8.74. The summed E-state index contributed by atoms with van der Waals surface area (Å²) >= 11 is 0. The number of nitrogens with two attached hydrogens (primary N) is 1. The van der Waals surface area contributed by atoms with Crippen LogP contribution in [0.4, 0.5) is 0 Å². The fourth-order valence-electron chi connectivity index (χ4n) is 2.76. The van der Waals surface area contributed by atoms with Gasteiger partial charge in [0.1, 0.15) is 5.82 Å². The minimum atomic E-state index is 0. The molecule has 2 aromatic heterocycles. The zero-order valence-electron chi connectivity index (χ0n) is 16.0. The van der Waals surface area contributed by atoms with E-state index in [0.29, 0.717) is 25.5 Å². The molecule has 2 heterocycles. The number of nitrogens with one attached hydrogen (secondary N) is 1. The van der Waals surface area contributed by atoms with Gasteiger partial charge >= 0.3 is 0 Å². The predicted octanol–water partition coefficient (Wildman–Crippen LogP) is 2.05. The van der Waals surface area contributed by atoms with Crippen LogP contribution in [0.1, 0.15) is 11.4 Å². The molecule has 0 aliphatic carbocycles. The second-order valence-corrected chi connectivity index (χ2v) is 5.93. The summed E-state index contributed by atoms with van der Waals surface area (Å²) < 4.78 is 12.5. The molecule has 3 aromatic rings. The molecule has 0 aliphatic rings. The van der Waals surface area contributed by atoms with Gasteiger partial charge in [0.15, 0.2) is 23.1 Å². The number of aliphatic imine (C=N–C) groups is 1. The standard InChI is InChI=1S/C19H24N6O2.HI/c1-26-15-7-6-14(13-16(15)27-2)8-10-21-19(20)22-11-9-18-24-23-17-5-3-4-12-25(17)18;/h3-7,12-13H,8-11H2,1-2H3,(H3,20,21,22);1H. The van der Waals surface area contributed by atoms with Crippen molar-refractivity contribution in [2.75, 3.05) is 27.3 Å². The minimum absolute atomic E-state index is 0. The first-order valence-electron chi connectivity index (χ1n) is 8.74. The lowest BCUT2D eigenvalue weighted by molar-refractivity contribution is 0.354. The van der Waals surface area contributed by atoms with E-state index in [1.807, 2.05) is 47.0 Å². The Morgan fingerprint density at radius 3 is 2.71 bits per heavy atom. The average molecular weight is 496 g/mol.